The van der Waals surface area contributed by atoms with Gasteiger partial charge in [-0.2, -0.15) is 0 Å². The third kappa shape index (κ3) is 11.4. The van der Waals surface area contributed by atoms with Gasteiger partial charge in [0.25, 0.3) is 0 Å². The molecule has 0 fully saturated rings. The Morgan fingerprint density at radius 2 is 0.393 bits per heavy atom. The molecule has 0 spiro atoms. The van der Waals surface area contributed by atoms with Crippen molar-refractivity contribution < 1.29 is 0 Å². The molecule has 0 N–H and O–H groups in total. The Bertz CT molecular complexity index is 2080. The van der Waals surface area contributed by atoms with Crippen molar-refractivity contribution in [3.8, 4) is 0 Å². The monoisotopic (exact) mass is 739 g/mol. The lowest BCUT2D eigenvalue weighted by Crippen LogP contribution is -2.14. The van der Waals surface area contributed by atoms with Gasteiger partial charge in [-0.05, 0) is 189 Å². The van der Waals surface area contributed by atoms with E-state index in [1.807, 2.05) is 0 Å². The first-order chi connectivity index (χ1) is 26.8. The third-order valence-corrected chi connectivity index (χ3v) is 11.6. The number of hydrogen-bond acceptors (Lipinski definition) is 0. The maximum absolute atomic E-state index is 2.68. The van der Waals surface area contributed by atoms with Crippen molar-refractivity contribution in [2.24, 2.45) is 0 Å². The van der Waals surface area contributed by atoms with Crippen LogP contribution in [0.1, 0.15) is 111 Å². The van der Waals surface area contributed by atoms with Crippen molar-refractivity contribution in [3.05, 3.63) is 208 Å². The second-order valence-corrected chi connectivity index (χ2v) is 17.6. The van der Waals surface area contributed by atoms with Crippen LogP contribution in [0.15, 0.2) is 97.1 Å². The van der Waals surface area contributed by atoms with Crippen LogP contribution in [0, 0.1) is 69.2 Å². The van der Waals surface area contributed by atoms with Crippen LogP contribution in [0.3, 0.4) is 0 Å². The van der Waals surface area contributed by atoms with E-state index in [-0.39, 0.29) is 0 Å². The molecule has 6 aromatic rings. The summed E-state index contributed by atoms with van der Waals surface area (Å²) in [6, 6.07) is 38.3. The van der Waals surface area contributed by atoms with Crippen LogP contribution in [0.5, 0.6) is 0 Å². The van der Waals surface area contributed by atoms with Gasteiger partial charge in [0.2, 0.25) is 0 Å². The topological polar surface area (TPSA) is 0 Å². The molecule has 0 radical (unpaired) electrons. The van der Waals surface area contributed by atoms with E-state index in [4.69, 9.17) is 0 Å². The van der Waals surface area contributed by atoms with Gasteiger partial charge in [0.1, 0.15) is 0 Å². The molecule has 0 heteroatoms. The fourth-order valence-corrected chi connectivity index (χ4v) is 9.76. The molecule has 0 amide bonds. The van der Waals surface area contributed by atoms with Crippen molar-refractivity contribution in [2.75, 3.05) is 0 Å². The zero-order valence-corrected chi connectivity index (χ0v) is 36.3. The van der Waals surface area contributed by atoms with E-state index in [0.29, 0.717) is 0 Å². The molecule has 0 bridgehead atoms. The third-order valence-electron chi connectivity index (χ3n) is 11.6. The summed E-state index contributed by atoms with van der Waals surface area (Å²) in [6.07, 6.45) is 10.7. The van der Waals surface area contributed by atoms with Crippen LogP contribution < -0.4 is 0 Å². The zero-order chi connectivity index (χ0) is 39.9. The van der Waals surface area contributed by atoms with E-state index in [2.05, 4.69) is 166 Å². The fourth-order valence-electron chi connectivity index (χ4n) is 9.76. The Balaban J connectivity index is 1.51. The maximum atomic E-state index is 2.68. The van der Waals surface area contributed by atoms with Crippen molar-refractivity contribution in [2.45, 2.75) is 133 Å². The fraction of sp³-hybridized carbons (Fsp3) is 0.357. The molecule has 6 rings (SSSR count). The van der Waals surface area contributed by atoms with E-state index in [1.165, 1.54) is 83.5 Å². The van der Waals surface area contributed by atoms with Gasteiger partial charge in [0.15, 0.2) is 0 Å². The Kier molecular flexibility index (Phi) is 13.5. The van der Waals surface area contributed by atoms with E-state index in [9.17, 15) is 0 Å². The number of benzene rings is 6. The van der Waals surface area contributed by atoms with Crippen LogP contribution in [0.25, 0.3) is 0 Å². The second-order valence-electron chi connectivity index (χ2n) is 17.6. The predicted molar refractivity (Wildman–Crippen MR) is 243 cm³/mol. The standard InChI is InChI=1S/C56H66/c1-37-21-38(2)27-47(26-37)11-16-52-36-53(17-12-48-28-39(3)22-40(4)29-48)55(19-14-50-32-43(7)24-44(8)33-50)56(20-15-51-34-45(9)25-46(10)35-51)54(52)18-13-49-30-41(5)23-42(6)31-49/h21-36H,11-20H2,1-10H3. The molecule has 0 aromatic heterocycles. The van der Waals surface area contributed by atoms with Gasteiger partial charge < -0.3 is 0 Å². The minimum absolute atomic E-state index is 1.06. The summed E-state index contributed by atoms with van der Waals surface area (Å²) in [7, 11) is 0. The van der Waals surface area contributed by atoms with Crippen LogP contribution >= 0.6 is 0 Å². The van der Waals surface area contributed by atoms with Gasteiger partial charge in [0, 0.05) is 0 Å². The van der Waals surface area contributed by atoms with Crippen LogP contribution in [-0.2, 0) is 64.2 Å². The smallest absolute Gasteiger partial charge is 0.0233 e. The summed E-state index contributed by atoms with van der Waals surface area (Å²) in [5, 5.41) is 0. The van der Waals surface area contributed by atoms with Gasteiger partial charge in [-0.3, -0.25) is 0 Å². The first kappa shape index (κ1) is 41.0. The summed E-state index contributed by atoms with van der Waals surface area (Å²) >= 11 is 0. The highest BCUT2D eigenvalue weighted by Crippen LogP contribution is 2.32. The van der Waals surface area contributed by atoms with Gasteiger partial charge >= 0.3 is 0 Å². The lowest BCUT2D eigenvalue weighted by atomic mass is 9.80. The predicted octanol–water partition coefficient (Wildman–Crippen LogP) is 13.7. The van der Waals surface area contributed by atoms with Gasteiger partial charge in [0.05, 0.1) is 0 Å². The molecule has 56 heavy (non-hydrogen) atoms. The SMILES string of the molecule is Cc1cc(C)cc(CCc2cc(CCc3cc(C)cc(C)c3)c(CCc3cc(C)cc(C)c3)c(CCc3cc(C)cc(C)c3)c2CCc2cc(C)cc(C)c2)c1. The molecule has 0 atom stereocenters. The summed E-state index contributed by atoms with van der Waals surface area (Å²) in [4.78, 5) is 0. The Hall–Kier alpha value is -4.68. The normalized spacial score (nSPS) is 11.4. The molecule has 0 aliphatic rings. The van der Waals surface area contributed by atoms with Gasteiger partial charge in [-0.25, -0.2) is 0 Å². The second kappa shape index (κ2) is 18.5. The molecular weight excluding hydrogens is 673 g/mol. The molecule has 0 aliphatic carbocycles. The summed E-state index contributed by atoms with van der Waals surface area (Å²) < 4.78 is 0. The summed E-state index contributed by atoms with van der Waals surface area (Å²) in [5.74, 6) is 0. The lowest BCUT2D eigenvalue weighted by molar-refractivity contribution is 0.805. The number of hydrogen-bond donors (Lipinski definition) is 0. The molecule has 0 heterocycles. The molecule has 0 saturated heterocycles. The Labute approximate surface area is 340 Å². The number of rotatable bonds is 15. The quantitative estimate of drug-likeness (QED) is 0.0984. The first-order valence-corrected chi connectivity index (χ1v) is 21.3. The maximum Gasteiger partial charge on any atom is -0.0233 e. The van der Waals surface area contributed by atoms with Gasteiger partial charge in [-0.15, -0.1) is 0 Å². The first-order valence-electron chi connectivity index (χ1n) is 21.3. The minimum atomic E-state index is 1.06. The van der Waals surface area contributed by atoms with Crippen LogP contribution in [-0.4, -0.2) is 0 Å². The molecular formula is C56H66. The Morgan fingerprint density at radius 1 is 0.196 bits per heavy atom. The molecule has 0 nitrogen and oxygen atoms in total. The van der Waals surface area contributed by atoms with Crippen molar-refractivity contribution in [1.29, 1.82) is 0 Å². The summed E-state index contributed by atoms with van der Waals surface area (Å²) in [6.45, 7) is 22.5. The highest BCUT2D eigenvalue weighted by molar-refractivity contribution is 5.49. The average Bonchev–Trinajstić information content (AvgIpc) is 3.09. The molecule has 0 saturated carbocycles. The average molecular weight is 739 g/mol. The van der Waals surface area contributed by atoms with Crippen molar-refractivity contribution in [1.82, 2.24) is 0 Å². The van der Waals surface area contributed by atoms with E-state index in [0.717, 1.165) is 64.2 Å². The highest BCUT2D eigenvalue weighted by atomic mass is 14.2. The van der Waals surface area contributed by atoms with E-state index >= 15 is 0 Å². The molecule has 6 aromatic carbocycles. The van der Waals surface area contributed by atoms with Gasteiger partial charge in [-0.1, -0.05) is 153 Å². The molecule has 290 valence electrons. The largest absolute Gasteiger partial charge is 0.0564 e. The van der Waals surface area contributed by atoms with Crippen LogP contribution in [0.2, 0.25) is 0 Å². The summed E-state index contributed by atoms with van der Waals surface area (Å²) in [5.41, 5.74) is 28.9. The van der Waals surface area contributed by atoms with E-state index < -0.39 is 0 Å². The minimum Gasteiger partial charge on any atom is -0.0564 e. The van der Waals surface area contributed by atoms with Crippen LogP contribution in [0.4, 0.5) is 0 Å². The highest BCUT2D eigenvalue weighted by Gasteiger charge is 2.20. The lowest BCUT2D eigenvalue weighted by Gasteiger charge is -2.24. The van der Waals surface area contributed by atoms with E-state index in [1.54, 1.807) is 27.8 Å². The molecule has 0 aliphatic heterocycles. The Morgan fingerprint density at radius 3 is 0.625 bits per heavy atom. The zero-order valence-electron chi connectivity index (χ0n) is 36.3. The molecule has 0 unspecified atom stereocenters. The van der Waals surface area contributed by atoms with Crippen molar-refractivity contribution in [3.63, 3.8) is 0 Å². The number of aryl methyl sites for hydroxylation is 17. The van der Waals surface area contributed by atoms with Crippen molar-refractivity contribution >= 4 is 0 Å².